The van der Waals surface area contributed by atoms with E-state index in [-0.39, 0.29) is 12.2 Å². The number of ether oxygens (including phenoxy) is 1. The second kappa shape index (κ2) is 8.42. The monoisotopic (exact) mass is 384 g/mol. The molecule has 0 aliphatic carbocycles. The number of hydrogen-bond donors (Lipinski definition) is 1. The van der Waals surface area contributed by atoms with Crippen LogP contribution in [0.2, 0.25) is 5.02 Å². The first-order valence-electron chi connectivity index (χ1n) is 8.11. The van der Waals surface area contributed by atoms with Crippen molar-refractivity contribution in [2.24, 2.45) is 0 Å². The Balaban J connectivity index is 1.72. The molecule has 0 fully saturated rings. The van der Waals surface area contributed by atoms with Crippen LogP contribution in [-0.2, 0) is 6.61 Å². The minimum atomic E-state index is -0.550. The third-order valence-electron chi connectivity index (χ3n) is 3.77. The van der Waals surface area contributed by atoms with E-state index in [1.54, 1.807) is 49.6 Å². The SMILES string of the molecule is COc1ccc(COn2cccc(C(=O)Nc3cccc(Cl)c3)c2=O)cc1. The van der Waals surface area contributed by atoms with Gasteiger partial charge >= 0.3 is 0 Å². The van der Waals surface area contributed by atoms with Gasteiger partial charge in [-0.1, -0.05) is 29.8 Å². The van der Waals surface area contributed by atoms with Crippen molar-refractivity contribution in [1.29, 1.82) is 0 Å². The van der Waals surface area contributed by atoms with Crippen molar-refractivity contribution >= 4 is 23.2 Å². The van der Waals surface area contributed by atoms with Gasteiger partial charge in [0.1, 0.15) is 17.9 Å². The van der Waals surface area contributed by atoms with Crippen LogP contribution >= 0.6 is 11.6 Å². The van der Waals surface area contributed by atoms with E-state index in [0.29, 0.717) is 10.7 Å². The highest BCUT2D eigenvalue weighted by atomic mass is 35.5. The summed E-state index contributed by atoms with van der Waals surface area (Å²) in [5, 5.41) is 3.13. The summed E-state index contributed by atoms with van der Waals surface area (Å²) in [6.45, 7) is 0.170. The van der Waals surface area contributed by atoms with Crippen LogP contribution in [0.3, 0.4) is 0 Å². The van der Waals surface area contributed by atoms with Gasteiger partial charge in [0.15, 0.2) is 0 Å². The van der Waals surface area contributed by atoms with Crippen molar-refractivity contribution in [3.8, 4) is 5.75 Å². The van der Waals surface area contributed by atoms with E-state index < -0.39 is 11.5 Å². The highest BCUT2D eigenvalue weighted by molar-refractivity contribution is 6.30. The fourth-order valence-corrected chi connectivity index (χ4v) is 2.57. The molecule has 138 valence electrons. The van der Waals surface area contributed by atoms with Crippen LogP contribution in [0.4, 0.5) is 5.69 Å². The third-order valence-corrected chi connectivity index (χ3v) is 4.01. The number of pyridine rings is 1. The molecule has 6 nitrogen and oxygen atoms in total. The first kappa shape index (κ1) is 18.5. The van der Waals surface area contributed by atoms with Crippen LogP contribution in [0.15, 0.2) is 71.7 Å². The van der Waals surface area contributed by atoms with Crippen LogP contribution in [-0.4, -0.2) is 17.7 Å². The molecule has 3 aromatic rings. The number of amides is 1. The summed E-state index contributed by atoms with van der Waals surface area (Å²) in [6.07, 6.45) is 1.46. The molecule has 0 spiro atoms. The first-order valence-corrected chi connectivity index (χ1v) is 8.49. The van der Waals surface area contributed by atoms with Gasteiger partial charge in [-0.15, -0.1) is 0 Å². The fraction of sp³-hybridized carbons (Fsp3) is 0.100. The van der Waals surface area contributed by atoms with E-state index in [9.17, 15) is 9.59 Å². The van der Waals surface area contributed by atoms with Crippen molar-refractivity contribution < 1.29 is 14.4 Å². The predicted molar refractivity (Wildman–Crippen MR) is 103 cm³/mol. The van der Waals surface area contributed by atoms with Crippen molar-refractivity contribution in [3.63, 3.8) is 0 Å². The summed E-state index contributed by atoms with van der Waals surface area (Å²) in [4.78, 5) is 30.4. The maximum absolute atomic E-state index is 12.5. The van der Waals surface area contributed by atoms with Crippen molar-refractivity contribution in [2.75, 3.05) is 12.4 Å². The zero-order chi connectivity index (χ0) is 19.2. The largest absolute Gasteiger partial charge is 0.497 e. The van der Waals surface area contributed by atoms with Crippen LogP contribution < -0.4 is 20.5 Å². The smallest absolute Gasteiger partial charge is 0.295 e. The van der Waals surface area contributed by atoms with Gasteiger partial charge in [0.25, 0.3) is 11.5 Å². The molecule has 1 amide bonds. The molecular formula is C20H17ClN2O4. The van der Waals surface area contributed by atoms with Gasteiger partial charge in [0.05, 0.1) is 7.11 Å². The number of carbonyl (C=O) groups is 1. The van der Waals surface area contributed by atoms with Crippen LogP contribution in [0.25, 0.3) is 0 Å². The molecule has 0 saturated heterocycles. The minimum Gasteiger partial charge on any atom is -0.497 e. The molecule has 0 bridgehead atoms. The molecule has 7 heteroatoms. The zero-order valence-corrected chi connectivity index (χ0v) is 15.3. The predicted octanol–water partition coefficient (Wildman–Crippen LogP) is 3.39. The number of nitrogens with one attached hydrogen (secondary N) is 1. The van der Waals surface area contributed by atoms with E-state index in [1.807, 2.05) is 12.1 Å². The number of benzene rings is 2. The van der Waals surface area contributed by atoms with Gasteiger partial charge in [-0.25, -0.2) is 0 Å². The van der Waals surface area contributed by atoms with Gasteiger partial charge in [-0.3, -0.25) is 9.59 Å². The molecule has 0 atom stereocenters. The number of rotatable bonds is 6. The van der Waals surface area contributed by atoms with Crippen molar-refractivity contribution in [2.45, 2.75) is 6.61 Å². The average Bonchev–Trinajstić information content (AvgIpc) is 2.67. The van der Waals surface area contributed by atoms with E-state index in [2.05, 4.69) is 5.32 Å². The lowest BCUT2D eigenvalue weighted by Gasteiger charge is -2.10. The van der Waals surface area contributed by atoms with Gasteiger partial charge in [-0.05, 0) is 48.0 Å². The summed E-state index contributed by atoms with van der Waals surface area (Å²) in [6, 6.07) is 17.0. The van der Waals surface area contributed by atoms with Crippen LogP contribution in [0, 0.1) is 0 Å². The summed E-state index contributed by atoms with van der Waals surface area (Å²) in [7, 11) is 1.59. The number of hydrogen-bond acceptors (Lipinski definition) is 4. The first-order chi connectivity index (χ1) is 13.1. The fourth-order valence-electron chi connectivity index (χ4n) is 2.38. The van der Waals surface area contributed by atoms with Crippen LogP contribution in [0.1, 0.15) is 15.9 Å². The Morgan fingerprint density at radius 2 is 1.89 bits per heavy atom. The topological polar surface area (TPSA) is 69.6 Å². The van der Waals surface area contributed by atoms with Crippen LogP contribution in [0.5, 0.6) is 5.75 Å². The molecule has 1 heterocycles. The number of methoxy groups -OCH3 is 1. The Morgan fingerprint density at radius 1 is 1.11 bits per heavy atom. The lowest BCUT2D eigenvalue weighted by atomic mass is 10.2. The number of anilines is 1. The number of aromatic nitrogens is 1. The van der Waals surface area contributed by atoms with E-state index in [1.165, 1.54) is 12.3 Å². The molecule has 2 aromatic carbocycles. The molecule has 27 heavy (non-hydrogen) atoms. The Kier molecular flexibility index (Phi) is 5.78. The molecule has 0 aliphatic heterocycles. The van der Waals surface area contributed by atoms with E-state index >= 15 is 0 Å². The molecule has 0 unspecified atom stereocenters. The summed E-state index contributed by atoms with van der Waals surface area (Å²) in [5.74, 6) is 0.195. The van der Waals surface area contributed by atoms with E-state index in [4.69, 9.17) is 21.2 Å². The maximum Gasteiger partial charge on any atom is 0.295 e. The number of nitrogens with zero attached hydrogens (tertiary/aromatic N) is 1. The van der Waals surface area contributed by atoms with Gasteiger partial charge in [0, 0.05) is 16.9 Å². The lowest BCUT2D eigenvalue weighted by Crippen LogP contribution is -2.32. The van der Waals surface area contributed by atoms with Gasteiger partial charge < -0.3 is 14.9 Å². The molecule has 0 saturated carbocycles. The number of halogens is 1. The van der Waals surface area contributed by atoms with Crippen molar-refractivity contribution in [3.05, 3.63) is 93.4 Å². The second-order valence-electron chi connectivity index (χ2n) is 5.64. The van der Waals surface area contributed by atoms with E-state index in [0.717, 1.165) is 16.0 Å². The Bertz CT molecular complexity index is 999. The molecular weight excluding hydrogens is 368 g/mol. The Labute approximate surface area is 160 Å². The van der Waals surface area contributed by atoms with Gasteiger partial charge in [-0.2, -0.15) is 4.73 Å². The average molecular weight is 385 g/mol. The molecule has 1 aromatic heterocycles. The summed E-state index contributed by atoms with van der Waals surface area (Å²) >= 11 is 5.90. The Morgan fingerprint density at radius 3 is 2.59 bits per heavy atom. The number of carbonyl (C=O) groups excluding carboxylic acids is 1. The molecule has 3 rings (SSSR count). The Hall–Kier alpha value is -3.25. The molecule has 1 N–H and O–H groups in total. The highest BCUT2D eigenvalue weighted by Gasteiger charge is 2.13. The normalized spacial score (nSPS) is 10.3. The highest BCUT2D eigenvalue weighted by Crippen LogP contribution is 2.15. The summed E-state index contributed by atoms with van der Waals surface area (Å²) < 4.78 is 6.14. The third kappa shape index (κ3) is 4.68. The summed E-state index contributed by atoms with van der Waals surface area (Å²) in [5.41, 5.74) is 0.774. The molecule has 0 radical (unpaired) electrons. The molecule has 0 aliphatic rings. The quantitative estimate of drug-likeness (QED) is 0.707. The second-order valence-corrected chi connectivity index (χ2v) is 6.08. The zero-order valence-electron chi connectivity index (χ0n) is 14.5. The lowest BCUT2D eigenvalue weighted by molar-refractivity contribution is 0.0863. The standard InChI is InChI=1S/C20H17ClN2O4/c1-26-17-9-7-14(8-10-17)13-27-23-11-3-6-18(20(23)25)19(24)22-16-5-2-4-15(21)12-16/h2-12H,13H2,1H3,(H,22,24). The maximum atomic E-state index is 12.5. The minimum absolute atomic E-state index is 0.0350. The van der Waals surface area contributed by atoms with Crippen molar-refractivity contribution in [1.82, 2.24) is 4.73 Å². The van der Waals surface area contributed by atoms with Gasteiger partial charge in [0.2, 0.25) is 0 Å².